The fourth-order valence-corrected chi connectivity index (χ4v) is 5.09. The second-order valence-electron chi connectivity index (χ2n) is 7.19. The van der Waals surface area contributed by atoms with Gasteiger partial charge in [-0.25, -0.2) is 16.8 Å². The number of anilines is 1. The highest BCUT2D eigenvalue weighted by atomic mass is 32.2. The summed E-state index contributed by atoms with van der Waals surface area (Å²) >= 11 is 0. The second-order valence-corrected chi connectivity index (χ2v) is 11.2. The molecule has 3 rings (SSSR count). The topological polar surface area (TPSA) is 89.5 Å². The first kappa shape index (κ1) is 20.8. The van der Waals surface area contributed by atoms with E-state index in [1.54, 1.807) is 0 Å². The van der Waals surface area contributed by atoms with E-state index >= 15 is 0 Å². The normalized spacial score (nSPS) is 20.6. The van der Waals surface area contributed by atoms with Gasteiger partial charge in [-0.1, -0.05) is 30.3 Å². The summed E-state index contributed by atoms with van der Waals surface area (Å²) in [6.07, 6.45) is 3.99. The van der Waals surface area contributed by atoms with Crippen LogP contribution in [0.5, 0.6) is 0 Å². The summed E-state index contributed by atoms with van der Waals surface area (Å²) in [5.74, 6) is 0.179. The Bertz CT molecular complexity index is 1030. The highest BCUT2D eigenvalue weighted by molar-refractivity contribution is 7.91. The van der Waals surface area contributed by atoms with Gasteiger partial charge in [0, 0.05) is 31.6 Å². The molecule has 0 aliphatic carbocycles. The molecule has 2 aromatic carbocycles. The van der Waals surface area contributed by atoms with Crippen LogP contribution in [0.2, 0.25) is 0 Å². The molecule has 0 amide bonds. The van der Waals surface area contributed by atoms with Crippen LogP contribution in [0.4, 0.5) is 5.69 Å². The van der Waals surface area contributed by atoms with Crippen LogP contribution in [-0.4, -0.2) is 42.5 Å². The molecule has 2 atom stereocenters. The Morgan fingerprint density at radius 2 is 1.71 bits per heavy atom. The van der Waals surface area contributed by atoms with Crippen LogP contribution in [0.15, 0.2) is 58.3 Å². The first-order chi connectivity index (χ1) is 13.2. The Hall–Kier alpha value is -1.90. The van der Waals surface area contributed by atoms with Crippen molar-refractivity contribution in [2.24, 2.45) is 5.92 Å². The van der Waals surface area contributed by atoms with E-state index < -0.39 is 19.7 Å². The number of ether oxygens (including phenoxy) is 1. The van der Waals surface area contributed by atoms with Gasteiger partial charge in [0.05, 0.1) is 21.6 Å². The van der Waals surface area contributed by atoms with E-state index in [1.807, 2.05) is 30.3 Å². The van der Waals surface area contributed by atoms with Crippen LogP contribution in [0.3, 0.4) is 0 Å². The Labute approximate surface area is 166 Å². The van der Waals surface area contributed by atoms with E-state index in [-0.39, 0.29) is 21.8 Å². The van der Waals surface area contributed by atoms with Crippen molar-refractivity contribution in [3.05, 3.63) is 54.1 Å². The molecule has 1 aliphatic heterocycles. The lowest BCUT2D eigenvalue weighted by Gasteiger charge is -2.32. The SMILES string of the molecule is CS(=O)(=O)c1ccc(NCC2CCCOC2c2ccccc2)c(S(C)(=O)=O)c1. The number of benzene rings is 2. The van der Waals surface area contributed by atoms with Crippen molar-refractivity contribution in [2.45, 2.75) is 28.7 Å². The van der Waals surface area contributed by atoms with Crippen LogP contribution >= 0.6 is 0 Å². The smallest absolute Gasteiger partial charge is 0.177 e. The van der Waals surface area contributed by atoms with Crippen LogP contribution in [-0.2, 0) is 24.4 Å². The third kappa shape index (κ3) is 4.92. The van der Waals surface area contributed by atoms with Gasteiger partial charge in [-0.3, -0.25) is 0 Å². The molecule has 8 heteroatoms. The van der Waals surface area contributed by atoms with Gasteiger partial charge < -0.3 is 10.1 Å². The molecule has 1 heterocycles. The van der Waals surface area contributed by atoms with Gasteiger partial charge in [-0.15, -0.1) is 0 Å². The molecule has 0 spiro atoms. The summed E-state index contributed by atoms with van der Waals surface area (Å²) in [5.41, 5.74) is 1.51. The van der Waals surface area contributed by atoms with Crippen molar-refractivity contribution in [3.8, 4) is 0 Å². The lowest BCUT2D eigenvalue weighted by Crippen LogP contribution is -2.28. The minimum atomic E-state index is -3.59. The van der Waals surface area contributed by atoms with Gasteiger partial charge in [0.15, 0.2) is 19.7 Å². The van der Waals surface area contributed by atoms with Crippen LogP contribution in [0.25, 0.3) is 0 Å². The van der Waals surface area contributed by atoms with Crippen LogP contribution in [0, 0.1) is 5.92 Å². The molecule has 2 unspecified atom stereocenters. The molecule has 1 N–H and O–H groups in total. The van der Waals surface area contributed by atoms with E-state index in [9.17, 15) is 16.8 Å². The fourth-order valence-electron chi connectivity index (χ4n) is 3.49. The van der Waals surface area contributed by atoms with Gasteiger partial charge in [-0.2, -0.15) is 0 Å². The lowest BCUT2D eigenvalue weighted by atomic mass is 9.89. The quantitative estimate of drug-likeness (QED) is 0.768. The molecule has 0 aromatic heterocycles. The van der Waals surface area contributed by atoms with Gasteiger partial charge in [-0.05, 0) is 36.6 Å². The van der Waals surface area contributed by atoms with Crippen LogP contribution < -0.4 is 5.32 Å². The zero-order chi connectivity index (χ0) is 20.4. The number of nitrogens with one attached hydrogen (secondary N) is 1. The van der Waals surface area contributed by atoms with Gasteiger partial charge in [0.2, 0.25) is 0 Å². The number of sulfone groups is 2. The van der Waals surface area contributed by atoms with E-state index in [4.69, 9.17) is 4.74 Å². The van der Waals surface area contributed by atoms with Crippen molar-refractivity contribution < 1.29 is 21.6 Å². The predicted octanol–water partition coefficient (Wildman–Crippen LogP) is 3.07. The average Bonchev–Trinajstić information content (AvgIpc) is 2.65. The first-order valence-electron chi connectivity index (χ1n) is 9.11. The van der Waals surface area contributed by atoms with Gasteiger partial charge in [0.25, 0.3) is 0 Å². The molecule has 6 nitrogen and oxygen atoms in total. The number of hydrogen-bond acceptors (Lipinski definition) is 6. The molecule has 0 bridgehead atoms. The monoisotopic (exact) mass is 423 g/mol. The van der Waals surface area contributed by atoms with E-state index in [0.717, 1.165) is 30.9 Å². The van der Waals surface area contributed by atoms with Crippen LogP contribution in [0.1, 0.15) is 24.5 Å². The zero-order valence-electron chi connectivity index (χ0n) is 16.0. The lowest BCUT2D eigenvalue weighted by molar-refractivity contribution is -0.0238. The summed E-state index contributed by atoms with van der Waals surface area (Å²) in [5, 5.41) is 3.21. The maximum absolute atomic E-state index is 12.2. The molecule has 2 aromatic rings. The van der Waals surface area contributed by atoms with Crippen molar-refractivity contribution in [3.63, 3.8) is 0 Å². The second kappa shape index (κ2) is 8.23. The van der Waals surface area contributed by atoms with Gasteiger partial charge in [0.1, 0.15) is 0 Å². The third-order valence-corrected chi connectivity index (χ3v) is 7.16. The largest absolute Gasteiger partial charge is 0.384 e. The highest BCUT2D eigenvalue weighted by Gasteiger charge is 2.28. The molecule has 0 radical (unpaired) electrons. The molecule has 1 saturated heterocycles. The maximum atomic E-state index is 12.2. The summed E-state index contributed by atoms with van der Waals surface area (Å²) in [6, 6.07) is 14.2. The van der Waals surface area contributed by atoms with E-state index in [1.165, 1.54) is 18.2 Å². The third-order valence-electron chi connectivity index (χ3n) is 4.91. The molecule has 0 saturated carbocycles. The highest BCUT2D eigenvalue weighted by Crippen LogP contribution is 2.34. The zero-order valence-corrected chi connectivity index (χ0v) is 17.6. The molecule has 1 aliphatic rings. The molecule has 152 valence electrons. The summed E-state index contributed by atoms with van der Waals surface area (Å²) in [4.78, 5) is -0.0231. The minimum absolute atomic E-state index is 0.0107. The van der Waals surface area contributed by atoms with E-state index in [2.05, 4.69) is 5.32 Å². The molecule has 1 fully saturated rings. The van der Waals surface area contributed by atoms with Gasteiger partial charge >= 0.3 is 0 Å². The van der Waals surface area contributed by atoms with Crippen molar-refractivity contribution in [1.29, 1.82) is 0 Å². The number of rotatable bonds is 6. The Morgan fingerprint density at radius 1 is 1.00 bits per heavy atom. The first-order valence-corrected chi connectivity index (χ1v) is 12.9. The Morgan fingerprint density at radius 3 is 2.36 bits per heavy atom. The predicted molar refractivity (Wildman–Crippen MR) is 109 cm³/mol. The fraction of sp³-hybridized carbons (Fsp3) is 0.400. The minimum Gasteiger partial charge on any atom is -0.384 e. The molecular formula is C20H25NO5S2. The maximum Gasteiger partial charge on any atom is 0.177 e. The Balaban J connectivity index is 1.85. The Kier molecular flexibility index (Phi) is 6.12. The summed E-state index contributed by atoms with van der Waals surface area (Å²) in [6.45, 7) is 1.23. The van der Waals surface area contributed by atoms with Crippen molar-refractivity contribution in [2.75, 3.05) is 31.0 Å². The summed E-state index contributed by atoms with van der Waals surface area (Å²) in [7, 11) is -7.09. The molecular weight excluding hydrogens is 398 g/mol. The molecule has 28 heavy (non-hydrogen) atoms. The summed E-state index contributed by atoms with van der Waals surface area (Å²) < 4.78 is 54.0. The number of hydrogen-bond donors (Lipinski definition) is 1. The van der Waals surface area contributed by atoms with E-state index in [0.29, 0.717) is 18.8 Å². The average molecular weight is 424 g/mol. The van der Waals surface area contributed by atoms with Crippen molar-refractivity contribution >= 4 is 25.4 Å². The van der Waals surface area contributed by atoms with Crippen molar-refractivity contribution in [1.82, 2.24) is 0 Å². The standard InChI is InChI=1S/C20H25NO5S2/c1-27(22,23)17-10-11-18(19(13-17)28(2,24)25)21-14-16-9-6-12-26-20(16)15-7-4-3-5-8-15/h3-5,7-8,10-11,13,16,20-21H,6,9,12,14H2,1-2H3.